The molecule has 10 nitrogen and oxygen atoms in total. The third-order valence-corrected chi connectivity index (χ3v) is 10.9. The second kappa shape index (κ2) is 12.6. The first-order chi connectivity index (χ1) is 19.4. The van der Waals surface area contributed by atoms with E-state index in [-0.39, 0.29) is 36.7 Å². The van der Waals surface area contributed by atoms with Gasteiger partial charge >= 0.3 is 11.9 Å². The van der Waals surface area contributed by atoms with Crippen molar-refractivity contribution >= 4 is 21.9 Å². The summed E-state index contributed by atoms with van der Waals surface area (Å²) in [7, 11) is 0. The zero-order chi connectivity index (χ0) is 29.6. The molecule has 0 aromatic rings. The summed E-state index contributed by atoms with van der Waals surface area (Å²) in [6, 6.07) is 0. The van der Waals surface area contributed by atoms with Crippen molar-refractivity contribution in [1.82, 2.24) is 0 Å². The van der Waals surface area contributed by atoms with Crippen LogP contribution in [0, 0.1) is 23.7 Å². The highest BCUT2D eigenvalue weighted by Gasteiger charge is 2.69. The molecule has 41 heavy (non-hydrogen) atoms. The van der Waals surface area contributed by atoms with Crippen molar-refractivity contribution in [3.05, 3.63) is 0 Å². The van der Waals surface area contributed by atoms with Gasteiger partial charge in [0.2, 0.25) is 5.79 Å². The molecule has 0 aromatic heterocycles. The van der Waals surface area contributed by atoms with Crippen LogP contribution in [-0.4, -0.2) is 75.7 Å². The second-order valence-corrected chi connectivity index (χ2v) is 14.1. The second-order valence-electron chi connectivity index (χ2n) is 13.3. The Balaban J connectivity index is 1.18. The van der Waals surface area contributed by atoms with E-state index in [4.69, 9.17) is 33.5 Å². The van der Waals surface area contributed by atoms with E-state index in [2.05, 4.69) is 29.8 Å². The van der Waals surface area contributed by atoms with E-state index < -0.39 is 54.0 Å². The first kappa shape index (κ1) is 32.0. The summed E-state index contributed by atoms with van der Waals surface area (Å²) < 4.78 is 30.2. The monoisotopic (exact) mass is 648 g/mol. The van der Waals surface area contributed by atoms with Gasteiger partial charge < -0.3 is 33.9 Å². The van der Waals surface area contributed by atoms with Gasteiger partial charge in [-0.2, -0.15) is 0 Å². The Bertz CT molecular complexity index is 924. The highest BCUT2D eigenvalue weighted by Crippen LogP contribution is 2.60. The Hall–Kier alpha value is -0.370. The number of hydrogen-bond donors (Lipinski definition) is 2. The third-order valence-electron chi connectivity index (χ3n) is 10.3. The number of esters is 1. The Labute approximate surface area is 252 Å². The maximum absolute atomic E-state index is 13.2. The minimum Gasteiger partial charge on any atom is -0.459 e. The van der Waals surface area contributed by atoms with Gasteiger partial charge in [-0.3, -0.25) is 4.79 Å². The van der Waals surface area contributed by atoms with Crippen LogP contribution in [0.5, 0.6) is 0 Å². The molecule has 1 aliphatic carbocycles. The summed E-state index contributed by atoms with van der Waals surface area (Å²) in [5.74, 6) is -2.61. The third kappa shape index (κ3) is 6.27. The van der Waals surface area contributed by atoms with Gasteiger partial charge in [-0.15, -0.1) is 0 Å². The number of unbranched alkanes of at least 4 members (excludes halogenated alkanes) is 2. The predicted molar refractivity (Wildman–Crippen MR) is 150 cm³/mol. The molecule has 0 unspecified atom stereocenters. The molecule has 0 radical (unpaired) electrons. The number of carbonyl (C=O) groups is 1. The van der Waals surface area contributed by atoms with E-state index in [1.165, 1.54) is 0 Å². The van der Waals surface area contributed by atoms with Gasteiger partial charge in [0.15, 0.2) is 11.9 Å². The number of halogens is 1. The zero-order valence-electron chi connectivity index (χ0n) is 25.1. The lowest BCUT2D eigenvalue weighted by atomic mass is 9.57. The molecule has 6 aliphatic rings. The first-order valence-electron chi connectivity index (χ1n) is 15.6. The van der Waals surface area contributed by atoms with Gasteiger partial charge in [0.25, 0.3) is 0 Å². The van der Waals surface area contributed by atoms with Crippen molar-refractivity contribution in [1.29, 1.82) is 0 Å². The molecule has 0 aromatic carbocycles. The summed E-state index contributed by atoms with van der Waals surface area (Å²) >= 11 is 3.43. The lowest BCUT2D eigenvalue weighted by Gasteiger charge is -2.60. The molecule has 5 heterocycles. The lowest BCUT2D eigenvalue weighted by molar-refractivity contribution is -0.571. The van der Waals surface area contributed by atoms with Crippen LogP contribution in [0.2, 0.25) is 0 Å². The average molecular weight is 650 g/mol. The molecule has 2 N–H and O–H groups in total. The number of carbonyl (C=O) groups excluding carboxylic acids is 1. The number of rotatable bonds is 10. The fourth-order valence-electron chi connectivity index (χ4n) is 7.88. The molecule has 5 saturated heterocycles. The Kier molecular flexibility index (Phi) is 9.81. The van der Waals surface area contributed by atoms with Gasteiger partial charge in [0.05, 0.1) is 24.7 Å². The smallest absolute Gasteiger partial charge is 0.308 e. The number of ether oxygens (including phenoxy) is 5. The molecule has 1 spiro atoms. The van der Waals surface area contributed by atoms with E-state index in [1.807, 2.05) is 13.8 Å². The van der Waals surface area contributed by atoms with Crippen molar-refractivity contribution in [2.24, 2.45) is 23.7 Å². The van der Waals surface area contributed by atoms with Gasteiger partial charge in [0, 0.05) is 24.1 Å². The highest BCUT2D eigenvalue weighted by atomic mass is 79.9. The van der Waals surface area contributed by atoms with Crippen molar-refractivity contribution < 1.29 is 48.5 Å². The number of aliphatic hydroxyl groups excluding tert-OH is 1. The van der Waals surface area contributed by atoms with Gasteiger partial charge in [-0.1, -0.05) is 42.6 Å². The van der Waals surface area contributed by atoms with E-state index in [1.54, 1.807) is 6.92 Å². The zero-order valence-corrected chi connectivity index (χ0v) is 26.7. The van der Waals surface area contributed by atoms with Crippen LogP contribution in [0.4, 0.5) is 0 Å². The fraction of sp³-hybridized carbons (Fsp3) is 0.967. The van der Waals surface area contributed by atoms with Crippen molar-refractivity contribution in [3.63, 3.8) is 0 Å². The molecule has 5 aliphatic heterocycles. The minimum absolute atomic E-state index is 0.00135. The number of fused-ring (bicyclic) bond motifs is 2. The van der Waals surface area contributed by atoms with Crippen LogP contribution in [0.25, 0.3) is 0 Å². The Morgan fingerprint density at radius 3 is 2.61 bits per heavy atom. The van der Waals surface area contributed by atoms with Crippen LogP contribution < -0.4 is 0 Å². The topological polar surface area (TPSA) is 122 Å². The van der Waals surface area contributed by atoms with E-state index in [0.29, 0.717) is 5.92 Å². The predicted octanol–water partition coefficient (Wildman–Crippen LogP) is 4.72. The summed E-state index contributed by atoms with van der Waals surface area (Å²) in [5, 5.41) is 22.6. The van der Waals surface area contributed by atoms with Crippen molar-refractivity contribution in [3.8, 4) is 0 Å². The summed E-state index contributed by atoms with van der Waals surface area (Å²) in [5.41, 5.74) is -0.682. The summed E-state index contributed by atoms with van der Waals surface area (Å²) in [6.07, 6.45) is 3.44. The number of hydrogen-bond acceptors (Lipinski definition) is 10. The fourth-order valence-corrected chi connectivity index (χ4v) is 8.27. The number of aliphatic hydroxyl groups is 2. The molecule has 11 heteroatoms. The molecular weight excluding hydrogens is 600 g/mol. The minimum atomic E-state index is -2.14. The maximum atomic E-state index is 13.2. The largest absolute Gasteiger partial charge is 0.459 e. The quantitative estimate of drug-likeness (QED) is 0.113. The molecule has 13 atom stereocenters. The van der Waals surface area contributed by atoms with Gasteiger partial charge in [-0.05, 0) is 70.6 Å². The molecule has 6 fully saturated rings. The van der Waals surface area contributed by atoms with E-state index in [0.717, 1.165) is 56.7 Å². The molecule has 236 valence electrons. The standard InChI is InChI=1S/C30H49BrO10/c1-17-10-11-22-19(3)23(36-27-29(22)21(17)12-13-28(5,39-27)40-41-29)16-26(33)35-24-15-25(32)30(34,38-20(24)4)37-18(2)9-7-6-8-14-31/h17-25,27,32,34H,6-16H2,1-5H3/t17-,18-,19-,20+,21+,22+,23-,24-,25-,27-,28-,29-,30-/m1/s1. The van der Waals surface area contributed by atoms with Gasteiger partial charge in [0.1, 0.15) is 12.2 Å². The van der Waals surface area contributed by atoms with E-state index >= 15 is 0 Å². The van der Waals surface area contributed by atoms with E-state index in [9.17, 15) is 15.0 Å². The molecule has 2 bridgehead atoms. The van der Waals surface area contributed by atoms with Crippen LogP contribution in [0.15, 0.2) is 0 Å². The highest BCUT2D eigenvalue weighted by molar-refractivity contribution is 9.09. The summed E-state index contributed by atoms with van der Waals surface area (Å²) in [4.78, 5) is 25.3. The molecule has 1 saturated carbocycles. The molecular formula is C30H49BrO10. The first-order valence-corrected chi connectivity index (χ1v) is 16.7. The van der Waals surface area contributed by atoms with Crippen LogP contribution >= 0.6 is 15.9 Å². The van der Waals surface area contributed by atoms with Crippen molar-refractivity contribution in [2.75, 3.05) is 5.33 Å². The Morgan fingerprint density at radius 2 is 1.85 bits per heavy atom. The SMILES string of the molecule is C[C@H]1[C@@H](CC(=O)O[C@@H]2C[C@@H](O)[C@@](O)(O[C@H](C)CCCCCBr)O[C@H]2C)O[C@@H]2O[C@@]3(C)CC[C@H]4[C@H](C)CC[C@@H]1[C@@]24OO3. The maximum Gasteiger partial charge on any atom is 0.308 e. The van der Waals surface area contributed by atoms with Crippen LogP contribution in [0.1, 0.15) is 98.8 Å². The average Bonchev–Trinajstić information content (AvgIpc) is 3.14. The normalized spacial score (nSPS) is 48.2. The number of alkyl halides is 1. The molecule has 6 rings (SSSR count). The van der Waals surface area contributed by atoms with Crippen LogP contribution in [0.3, 0.4) is 0 Å². The van der Waals surface area contributed by atoms with Crippen LogP contribution in [-0.2, 0) is 38.3 Å². The Morgan fingerprint density at radius 1 is 1.07 bits per heavy atom. The van der Waals surface area contributed by atoms with Gasteiger partial charge in [-0.25, -0.2) is 9.78 Å². The van der Waals surface area contributed by atoms with Crippen molar-refractivity contribution in [2.45, 2.75) is 153 Å². The molecule has 0 amide bonds. The summed E-state index contributed by atoms with van der Waals surface area (Å²) in [6.45, 7) is 9.82. The lowest BCUT2D eigenvalue weighted by Crippen LogP contribution is -2.70.